The van der Waals surface area contributed by atoms with Crippen LogP contribution in [0.4, 0.5) is 0 Å². The van der Waals surface area contributed by atoms with E-state index in [2.05, 4.69) is 4.98 Å². The second-order valence-corrected chi connectivity index (χ2v) is 4.69. The molecule has 0 spiro atoms. The Kier molecular flexibility index (Phi) is 5.10. The van der Waals surface area contributed by atoms with Crippen molar-refractivity contribution < 1.29 is 23.8 Å². The molecular formula is C14H18N2O5. The van der Waals surface area contributed by atoms with Gasteiger partial charge in [-0.3, -0.25) is 4.79 Å². The summed E-state index contributed by atoms with van der Waals surface area (Å²) in [6.07, 6.45) is 1.35. The Bertz CT molecular complexity index is 503. The van der Waals surface area contributed by atoms with Crippen molar-refractivity contribution in [2.75, 3.05) is 33.4 Å². The van der Waals surface area contributed by atoms with E-state index in [1.165, 1.54) is 19.4 Å². The summed E-state index contributed by atoms with van der Waals surface area (Å²) in [5.41, 5.74) is 0.277. The fourth-order valence-corrected chi connectivity index (χ4v) is 1.97. The highest BCUT2D eigenvalue weighted by Gasteiger charge is 2.22. The van der Waals surface area contributed by atoms with Gasteiger partial charge in [0, 0.05) is 25.4 Å². The number of esters is 1. The van der Waals surface area contributed by atoms with E-state index in [9.17, 15) is 9.59 Å². The minimum atomic E-state index is -0.584. The van der Waals surface area contributed by atoms with Gasteiger partial charge in [-0.25, -0.2) is 9.78 Å². The van der Waals surface area contributed by atoms with Crippen LogP contribution in [0.1, 0.15) is 17.3 Å². The van der Waals surface area contributed by atoms with Crippen LogP contribution in [0.3, 0.4) is 0 Å². The lowest BCUT2D eigenvalue weighted by molar-refractivity contribution is -0.141. The maximum atomic E-state index is 11.9. The summed E-state index contributed by atoms with van der Waals surface area (Å²) >= 11 is 0. The number of hydrogen-bond acceptors (Lipinski definition) is 6. The first kappa shape index (κ1) is 15.2. The highest BCUT2D eigenvalue weighted by Crippen LogP contribution is 2.09. The van der Waals surface area contributed by atoms with Gasteiger partial charge in [0.2, 0.25) is 5.88 Å². The number of hydrogen-bond donors (Lipinski definition) is 0. The van der Waals surface area contributed by atoms with Crippen LogP contribution in [0, 0.1) is 0 Å². The molecule has 1 amide bonds. The second-order valence-electron chi connectivity index (χ2n) is 4.69. The van der Waals surface area contributed by atoms with Crippen molar-refractivity contribution in [1.82, 2.24) is 9.88 Å². The van der Waals surface area contributed by atoms with E-state index in [1.807, 2.05) is 6.92 Å². The van der Waals surface area contributed by atoms with Crippen molar-refractivity contribution in [1.29, 1.82) is 0 Å². The number of ether oxygens (including phenoxy) is 3. The number of amides is 1. The summed E-state index contributed by atoms with van der Waals surface area (Å²) < 4.78 is 15.3. The minimum Gasteiger partial charge on any atom is -0.481 e. The molecular weight excluding hydrogens is 276 g/mol. The van der Waals surface area contributed by atoms with Crippen molar-refractivity contribution >= 4 is 11.9 Å². The zero-order chi connectivity index (χ0) is 15.2. The van der Waals surface area contributed by atoms with E-state index in [4.69, 9.17) is 14.2 Å². The summed E-state index contributed by atoms with van der Waals surface area (Å²) in [6, 6.07) is 3.09. The first-order valence-corrected chi connectivity index (χ1v) is 6.66. The molecule has 7 heteroatoms. The molecule has 0 N–H and O–H groups in total. The third-order valence-electron chi connectivity index (χ3n) is 3.10. The van der Waals surface area contributed by atoms with Gasteiger partial charge in [-0.15, -0.1) is 0 Å². The molecule has 1 atom stereocenters. The molecule has 0 aliphatic carbocycles. The van der Waals surface area contributed by atoms with Crippen LogP contribution < -0.4 is 4.74 Å². The van der Waals surface area contributed by atoms with Gasteiger partial charge in [0.1, 0.15) is 0 Å². The lowest BCUT2D eigenvalue weighted by atomic mass is 10.3. The van der Waals surface area contributed by atoms with Crippen molar-refractivity contribution in [2.24, 2.45) is 0 Å². The topological polar surface area (TPSA) is 78.0 Å². The summed E-state index contributed by atoms with van der Waals surface area (Å²) in [5.74, 6) is -0.398. The number of carbonyl (C=O) groups is 2. The first-order valence-electron chi connectivity index (χ1n) is 6.66. The maximum absolute atomic E-state index is 11.9. The van der Waals surface area contributed by atoms with Gasteiger partial charge in [-0.1, -0.05) is 0 Å². The Morgan fingerprint density at radius 3 is 2.90 bits per heavy atom. The Balaban J connectivity index is 1.83. The minimum absolute atomic E-state index is 0.00388. The standard InChI is InChI=1S/C14H18N2O5/c1-10-8-16(5-6-20-10)13(17)9-21-14(18)11-3-4-12(19-2)15-7-11/h3-4,7,10H,5-6,8-9H2,1-2H3. The quantitative estimate of drug-likeness (QED) is 0.752. The summed E-state index contributed by atoms with van der Waals surface area (Å²) in [7, 11) is 1.49. The number of rotatable bonds is 4. The van der Waals surface area contributed by atoms with E-state index in [1.54, 1.807) is 11.0 Å². The average Bonchev–Trinajstić information content (AvgIpc) is 2.52. The predicted octanol–water partition coefficient (Wildman–Crippen LogP) is 0.494. The molecule has 1 aromatic rings. The van der Waals surface area contributed by atoms with Gasteiger partial charge in [-0.05, 0) is 13.0 Å². The third-order valence-corrected chi connectivity index (χ3v) is 3.10. The van der Waals surface area contributed by atoms with Crippen LogP contribution in [0.5, 0.6) is 5.88 Å². The van der Waals surface area contributed by atoms with Crippen molar-refractivity contribution in [2.45, 2.75) is 13.0 Å². The molecule has 1 aromatic heterocycles. The molecule has 7 nitrogen and oxygen atoms in total. The SMILES string of the molecule is COc1ccc(C(=O)OCC(=O)N2CCOC(C)C2)cn1. The van der Waals surface area contributed by atoms with Crippen molar-refractivity contribution in [3.63, 3.8) is 0 Å². The molecule has 0 aromatic carbocycles. The molecule has 1 aliphatic rings. The lowest BCUT2D eigenvalue weighted by Gasteiger charge is -2.30. The highest BCUT2D eigenvalue weighted by atomic mass is 16.5. The fraction of sp³-hybridized carbons (Fsp3) is 0.500. The summed E-state index contributed by atoms with van der Waals surface area (Å²) in [5, 5.41) is 0. The average molecular weight is 294 g/mol. The number of carbonyl (C=O) groups excluding carboxylic acids is 2. The molecule has 1 fully saturated rings. The zero-order valence-corrected chi connectivity index (χ0v) is 12.1. The molecule has 0 radical (unpaired) electrons. The molecule has 1 aliphatic heterocycles. The normalized spacial score (nSPS) is 18.2. The van der Waals surface area contributed by atoms with E-state index >= 15 is 0 Å². The number of methoxy groups -OCH3 is 1. The smallest absolute Gasteiger partial charge is 0.340 e. The number of pyridine rings is 1. The summed E-state index contributed by atoms with van der Waals surface area (Å²) in [4.78, 5) is 29.3. The van der Waals surface area contributed by atoms with E-state index < -0.39 is 5.97 Å². The maximum Gasteiger partial charge on any atom is 0.340 e. The molecule has 0 bridgehead atoms. The summed E-state index contributed by atoms with van der Waals surface area (Å²) in [6.45, 7) is 3.15. The van der Waals surface area contributed by atoms with Crippen LogP contribution in [0.25, 0.3) is 0 Å². The van der Waals surface area contributed by atoms with Crippen LogP contribution in [-0.2, 0) is 14.3 Å². The van der Waals surface area contributed by atoms with Crippen LogP contribution in [0.2, 0.25) is 0 Å². The lowest BCUT2D eigenvalue weighted by Crippen LogP contribution is -2.46. The molecule has 2 heterocycles. The first-order chi connectivity index (χ1) is 10.1. The van der Waals surface area contributed by atoms with Crippen LogP contribution in [-0.4, -0.2) is 61.3 Å². The molecule has 21 heavy (non-hydrogen) atoms. The van der Waals surface area contributed by atoms with Crippen LogP contribution in [0.15, 0.2) is 18.3 Å². The molecule has 1 unspecified atom stereocenters. The van der Waals surface area contributed by atoms with Crippen LogP contribution >= 0.6 is 0 Å². The Labute approximate surface area is 122 Å². The van der Waals surface area contributed by atoms with Gasteiger partial charge in [0.25, 0.3) is 5.91 Å². The predicted molar refractivity (Wildman–Crippen MR) is 73.1 cm³/mol. The van der Waals surface area contributed by atoms with Gasteiger partial charge < -0.3 is 19.1 Å². The zero-order valence-electron chi connectivity index (χ0n) is 12.1. The largest absolute Gasteiger partial charge is 0.481 e. The van der Waals surface area contributed by atoms with Crippen molar-refractivity contribution in [3.8, 4) is 5.88 Å². The Morgan fingerprint density at radius 2 is 2.29 bits per heavy atom. The number of nitrogens with zero attached hydrogens (tertiary/aromatic N) is 2. The van der Waals surface area contributed by atoms with E-state index in [0.717, 1.165) is 0 Å². The highest BCUT2D eigenvalue weighted by molar-refractivity contribution is 5.91. The molecule has 1 saturated heterocycles. The van der Waals surface area contributed by atoms with E-state index in [0.29, 0.717) is 25.6 Å². The third kappa shape index (κ3) is 4.16. The number of morpholine rings is 1. The monoisotopic (exact) mass is 294 g/mol. The Hall–Kier alpha value is -2.15. The second kappa shape index (κ2) is 7.03. The van der Waals surface area contributed by atoms with Crippen molar-refractivity contribution in [3.05, 3.63) is 23.9 Å². The number of aromatic nitrogens is 1. The molecule has 2 rings (SSSR count). The van der Waals surface area contributed by atoms with Gasteiger partial charge in [0.05, 0.1) is 25.4 Å². The Morgan fingerprint density at radius 1 is 1.48 bits per heavy atom. The molecule has 114 valence electrons. The van der Waals surface area contributed by atoms with E-state index in [-0.39, 0.29) is 24.2 Å². The van der Waals surface area contributed by atoms with Gasteiger partial charge in [0.15, 0.2) is 6.61 Å². The fourth-order valence-electron chi connectivity index (χ4n) is 1.97. The van der Waals surface area contributed by atoms with Gasteiger partial charge >= 0.3 is 5.97 Å². The molecule has 0 saturated carbocycles. The van der Waals surface area contributed by atoms with Gasteiger partial charge in [-0.2, -0.15) is 0 Å².